The molecule has 8 nitrogen and oxygen atoms in total. The monoisotopic (exact) mass is 554 g/mol. The van der Waals surface area contributed by atoms with E-state index in [1.807, 2.05) is 19.9 Å². The minimum atomic E-state index is -0.451. The predicted octanol–water partition coefficient (Wildman–Crippen LogP) is 6.31. The van der Waals surface area contributed by atoms with Crippen molar-refractivity contribution in [2.45, 2.75) is 26.4 Å². The van der Waals surface area contributed by atoms with Gasteiger partial charge in [0.1, 0.15) is 18.2 Å². The highest BCUT2D eigenvalue weighted by atomic mass is 79.9. The molecule has 0 radical (unpaired) electrons. The molecule has 10 heteroatoms. The summed E-state index contributed by atoms with van der Waals surface area (Å²) in [5.41, 5.74) is 1.82. The summed E-state index contributed by atoms with van der Waals surface area (Å²) >= 11 is 9.79. The first-order valence-corrected chi connectivity index (χ1v) is 11.8. The van der Waals surface area contributed by atoms with Crippen LogP contribution in [0.5, 0.6) is 5.75 Å². The number of nitro groups is 1. The molecule has 0 spiro atoms. The van der Waals surface area contributed by atoms with Crippen molar-refractivity contribution in [2.24, 2.45) is 5.10 Å². The molecule has 0 aliphatic carbocycles. The SMILES string of the molecule is CC(C)c1nc2ccc(Br)cc2c(=O)n1N=Cc1ccc(OCc2ccc([N+](=O)[O-])cc2)c(Cl)c1. The Bertz CT molecular complexity index is 1500. The third kappa shape index (κ3) is 5.58. The Hall–Kier alpha value is -3.56. The van der Waals surface area contributed by atoms with E-state index in [9.17, 15) is 14.9 Å². The Labute approximate surface area is 214 Å². The molecule has 1 heterocycles. The van der Waals surface area contributed by atoms with Crippen molar-refractivity contribution >= 4 is 50.3 Å². The molecule has 0 N–H and O–H groups in total. The summed E-state index contributed by atoms with van der Waals surface area (Å²) in [6.07, 6.45) is 1.55. The van der Waals surface area contributed by atoms with Gasteiger partial charge in [-0.25, -0.2) is 4.98 Å². The molecule has 0 unspecified atom stereocenters. The number of benzene rings is 3. The van der Waals surface area contributed by atoms with Gasteiger partial charge in [0.05, 0.1) is 27.1 Å². The number of ether oxygens (including phenoxy) is 1. The Kier molecular flexibility index (Phi) is 7.28. The Morgan fingerprint density at radius 2 is 1.91 bits per heavy atom. The molecule has 0 fully saturated rings. The number of non-ortho nitro benzene ring substituents is 1. The lowest BCUT2D eigenvalue weighted by molar-refractivity contribution is -0.384. The van der Waals surface area contributed by atoms with Gasteiger partial charge in [0.25, 0.3) is 11.2 Å². The summed E-state index contributed by atoms with van der Waals surface area (Å²) in [5.74, 6) is 0.987. The van der Waals surface area contributed by atoms with Crippen LogP contribution in [-0.2, 0) is 6.61 Å². The molecule has 0 saturated heterocycles. The maximum absolute atomic E-state index is 13.1. The summed E-state index contributed by atoms with van der Waals surface area (Å²) in [4.78, 5) is 28.1. The van der Waals surface area contributed by atoms with E-state index >= 15 is 0 Å². The normalized spacial score (nSPS) is 11.5. The number of fused-ring (bicyclic) bond motifs is 1. The second-order valence-electron chi connectivity index (χ2n) is 8.05. The fraction of sp³-hybridized carbons (Fsp3) is 0.160. The molecule has 0 aliphatic heterocycles. The van der Waals surface area contributed by atoms with Crippen molar-refractivity contribution in [3.63, 3.8) is 0 Å². The fourth-order valence-electron chi connectivity index (χ4n) is 3.37. The molecular formula is C25H20BrClN4O4. The van der Waals surface area contributed by atoms with Crippen LogP contribution in [0.25, 0.3) is 10.9 Å². The molecule has 35 heavy (non-hydrogen) atoms. The lowest BCUT2D eigenvalue weighted by Crippen LogP contribution is -2.23. The van der Waals surface area contributed by atoms with Crippen LogP contribution in [0.15, 0.2) is 75.0 Å². The number of rotatable bonds is 7. The molecule has 0 amide bonds. The lowest BCUT2D eigenvalue weighted by Gasteiger charge is -2.12. The van der Waals surface area contributed by atoms with E-state index in [1.54, 1.807) is 48.7 Å². The molecule has 4 rings (SSSR count). The maximum atomic E-state index is 13.1. The van der Waals surface area contributed by atoms with Crippen LogP contribution in [0.3, 0.4) is 0 Å². The standard InChI is InChI=1S/C25H20BrClN4O4/c1-15(2)24-29-22-9-6-18(26)12-20(22)25(32)30(24)28-13-17-5-10-23(21(27)11-17)35-14-16-3-7-19(8-4-16)31(33)34/h3-13,15H,14H2,1-2H3. The van der Waals surface area contributed by atoms with Gasteiger partial charge in [-0.2, -0.15) is 9.78 Å². The van der Waals surface area contributed by atoms with E-state index < -0.39 is 4.92 Å². The fourth-order valence-corrected chi connectivity index (χ4v) is 3.97. The van der Waals surface area contributed by atoms with E-state index in [4.69, 9.17) is 16.3 Å². The molecule has 1 aromatic heterocycles. The van der Waals surface area contributed by atoms with E-state index in [0.717, 1.165) is 10.0 Å². The Morgan fingerprint density at radius 3 is 2.57 bits per heavy atom. The average Bonchev–Trinajstić information content (AvgIpc) is 2.83. The van der Waals surface area contributed by atoms with Crippen molar-refractivity contribution in [1.82, 2.24) is 9.66 Å². The van der Waals surface area contributed by atoms with Gasteiger partial charge in [-0.15, -0.1) is 0 Å². The van der Waals surface area contributed by atoms with Crippen molar-refractivity contribution < 1.29 is 9.66 Å². The quantitative estimate of drug-likeness (QED) is 0.151. The minimum Gasteiger partial charge on any atom is -0.487 e. The second-order valence-corrected chi connectivity index (χ2v) is 9.37. The average molecular weight is 556 g/mol. The Morgan fingerprint density at radius 1 is 1.17 bits per heavy atom. The van der Waals surface area contributed by atoms with E-state index in [1.165, 1.54) is 16.8 Å². The van der Waals surface area contributed by atoms with Gasteiger partial charge in [0, 0.05) is 22.5 Å². The van der Waals surface area contributed by atoms with Gasteiger partial charge in [-0.1, -0.05) is 41.4 Å². The second kappa shape index (κ2) is 10.4. The van der Waals surface area contributed by atoms with Crippen LogP contribution in [0.4, 0.5) is 5.69 Å². The van der Waals surface area contributed by atoms with E-state index in [-0.39, 0.29) is 23.8 Å². The van der Waals surface area contributed by atoms with Gasteiger partial charge in [0.2, 0.25) is 0 Å². The highest BCUT2D eigenvalue weighted by Gasteiger charge is 2.14. The number of halogens is 2. The van der Waals surface area contributed by atoms with Gasteiger partial charge in [-0.05, 0) is 59.7 Å². The zero-order valence-corrected chi connectivity index (χ0v) is 21.2. The number of nitro benzene ring substituents is 1. The van der Waals surface area contributed by atoms with Gasteiger partial charge < -0.3 is 4.74 Å². The van der Waals surface area contributed by atoms with E-state index in [0.29, 0.717) is 33.1 Å². The zero-order valence-electron chi connectivity index (χ0n) is 18.8. The molecule has 178 valence electrons. The molecule has 3 aromatic carbocycles. The van der Waals surface area contributed by atoms with Gasteiger partial charge >= 0.3 is 0 Å². The maximum Gasteiger partial charge on any atom is 0.282 e. The van der Waals surface area contributed by atoms with Crippen LogP contribution in [-0.4, -0.2) is 20.8 Å². The van der Waals surface area contributed by atoms with E-state index in [2.05, 4.69) is 26.0 Å². The molecule has 0 atom stereocenters. The zero-order chi connectivity index (χ0) is 25.1. The van der Waals surface area contributed by atoms with Crippen LogP contribution in [0.2, 0.25) is 5.02 Å². The largest absolute Gasteiger partial charge is 0.487 e. The van der Waals surface area contributed by atoms with Crippen molar-refractivity contribution in [1.29, 1.82) is 0 Å². The summed E-state index contributed by atoms with van der Waals surface area (Å²) in [5, 5.41) is 16.0. The lowest BCUT2D eigenvalue weighted by atomic mass is 10.2. The number of aromatic nitrogens is 2. The third-order valence-corrected chi connectivity index (χ3v) is 5.96. The highest BCUT2D eigenvalue weighted by molar-refractivity contribution is 9.10. The predicted molar refractivity (Wildman–Crippen MR) is 140 cm³/mol. The topological polar surface area (TPSA) is 99.6 Å². The third-order valence-electron chi connectivity index (χ3n) is 5.17. The molecule has 0 bridgehead atoms. The van der Waals surface area contributed by atoms with Crippen LogP contribution < -0.4 is 10.3 Å². The molecule has 4 aromatic rings. The summed E-state index contributed by atoms with van der Waals surface area (Å²) in [7, 11) is 0. The minimum absolute atomic E-state index is 0.0180. The Balaban J connectivity index is 1.56. The smallest absolute Gasteiger partial charge is 0.282 e. The van der Waals surface area contributed by atoms with Crippen molar-refractivity contribution in [3.8, 4) is 5.75 Å². The number of hydrogen-bond acceptors (Lipinski definition) is 6. The summed E-state index contributed by atoms with van der Waals surface area (Å²) < 4.78 is 7.85. The first kappa shape index (κ1) is 24.6. The summed E-state index contributed by atoms with van der Waals surface area (Å²) in [6.45, 7) is 4.11. The van der Waals surface area contributed by atoms with Gasteiger partial charge in [-0.3, -0.25) is 14.9 Å². The molecule has 0 saturated carbocycles. The molecule has 0 aliphatic rings. The number of hydrogen-bond donors (Lipinski definition) is 0. The van der Waals surface area contributed by atoms with Crippen molar-refractivity contribution in [3.05, 3.63) is 108 Å². The molecular weight excluding hydrogens is 536 g/mol. The van der Waals surface area contributed by atoms with Crippen LogP contribution >= 0.6 is 27.5 Å². The summed E-state index contributed by atoms with van der Waals surface area (Å²) in [6, 6.07) is 16.6. The van der Waals surface area contributed by atoms with Crippen LogP contribution in [0, 0.1) is 10.1 Å². The van der Waals surface area contributed by atoms with Crippen LogP contribution in [0.1, 0.15) is 36.7 Å². The first-order valence-electron chi connectivity index (χ1n) is 10.6. The highest BCUT2D eigenvalue weighted by Crippen LogP contribution is 2.26. The first-order chi connectivity index (χ1) is 16.7. The number of nitrogens with zero attached hydrogens (tertiary/aromatic N) is 4. The van der Waals surface area contributed by atoms with Gasteiger partial charge in [0.15, 0.2) is 0 Å². The van der Waals surface area contributed by atoms with Crippen molar-refractivity contribution in [2.75, 3.05) is 0 Å².